The number of ether oxygens (including phenoxy) is 1. The van der Waals surface area contributed by atoms with Crippen molar-refractivity contribution in [3.8, 4) is 0 Å². The SMILES string of the molecule is CCOC(=O)Nc1ccc(C(=O)Nc2cc(S(=O)(=O)N(CC)CC)ccc2N2CCCC2)cc1. The maximum absolute atomic E-state index is 13.1. The molecule has 2 aromatic rings. The van der Waals surface area contributed by atoms with Gasteiger partial charge in [0.25, 0.3) is 5.91 Å². The third-order valence-corrected chi connectivity index (χ3v) is 7.72. The number of rotatable bonds is 9. The number of amides is 2. The Labute approximate surface area is 201 Å². The summed E-state index contributed by atoms with van der Waals surface area (Å²) in [6.45, 7) is 7.98. The second kappa shape index (κ2) is 11.3. The van der Waals surface area contributed by atoms with Crippen molar-refractivity contribution in [1.29, 1.82) is 0 Å². The van der Waals surface area contributed by atoms with E-state index in [9.17, 15) is 18.0 Å². The lowest BCUT2D eigenvalue weighted by atomic mass is 10.1. The Bertz CT molecular complexity index is 1110. The van der Waals surface area contributed by atoms with Crippen molar-refractivity contribution in [3.63, 3.8) is 0 Å². The average molecular weight is 489 g/mol. The average Bonchev–Trinajstić information content (AvgIpc) is 3.35. The van der Waals surface area contributed by atoms with Crippen LogP contribution in [0.25, 0.3) is 0 Å². The van der Waals surface area contributed by atoms with E-state index in [-0.39, 0.29) is 17.4 Å². The highest BCUT2D eigenvalue weighted by Gasteiger charge is 2.25. The summed E-state index contributed by atoms with van der Waals surface area (Å²) in [6.07, 6.45) is 1.52. The number of sulfonamides is 1. The zero-order chi connectivity index (χ0) is 24.7. The summed E-state index contributed by atoms with van der Waals surface area (Å²) in [7, 11) is -3.67. The number of nitrogens with one attached hydrogen (secondary N) is 2. The van der Waals surface area contributed by atoms with Gasteiger partial charge >= 0.3 is 6.09 Å². The van der Waals surface area contributed by atoms with Gasteiger partial charge in [-0.15, -0.1) is 0 Å². The second-order valence-electron chi connectivity index (χ2n) is 7.84. The molecular weight excluding hydrogens is 456 g/mol. The van der Waals surface area contributed by atoms with Crippen LogP contribution in [-0.2, 0) is 14.8 Å². The minimum absolute atomic E-state index is 0.142. The molecule has 0 spiro atoms. The molecule has 0 bridgehead atoms. The molecule has 1 saturated heterocycles. The van der Waals surface area contributed by atoms with Gasteiger partial charge in [-0.25, -0.2) is 13.2 Å². The number of carbonyl (C=O) groups is 2. The zero-order valence-electron chi connectivity index (χ0n) is 19.8. The highest BCUT2D eigenvalue weighted by Crippen LogP contribution is 2.32. The monoisotopic (exact) mass is 488 g/mol. The van der Waals surface area contributed by atoms with Crippen LogP contribution in [0.5, 0.6) is 0 Å². The van der Waals surface area contributed by atoms with E-state index < -0.39 is 16.1 Å². The van der Waals surface area contributed by atoms with Crippen LogP contribution in [-0.4, -0.2) is 57.5 Å². The zero-order valence-corrected chi connectivity index (χ0v) is 20.7. The smallest absolute Gasteiger partial charge is 0.411 e. The molecular formula is C24H32N4O5S. The van der Waals surface area contributed by atoms with Crippen LogP contribution in [0.3, 0.4) is 0 Å². The fourth-order valence-electron chi connectivity index (χ4n) is 3.91. The van der Waals surface area contributed by atoms with E-state index in [0.717, 1.165) is 31.6 Å². The molecule has 2 amide bonds. The molecule has 2 aromatic carbocycles. The molecule has 0 aliphatic carbocycles. The third-order valence-electron chi connectivity index (χ3n) is 5.68. The van der Waals surface area contributed by atoms with Crippen LogP contribution < -0.4 is 15.5 Å². The van der Waals surface area contributed by atoms with Crippen LogP contribution in [0.1, 0.15) is 44.0 Å². The molecule has 1 aliphatic rings. The molecule has 0 aromatic heterocycles. The quantitative estimate of drug-likeness (QED) is 0.549. The Morgan fingerprint density at radius 1 is 0.971 bits per heavy atom. The van der Waals surface area contributed by atoms with E-state index in [1.807, 2.05) is 0 Å². The van der Waals surface area contributed by atoms with E-state index in [1.165, 1.54) is 10.4 Å². The third kappa shape index (κ3) is 5.87. The first kappa shape index (κ1) is 25.5. The number of nitrogens with zero attached hydrogens (tertiary/aromatic N) is 2. The summed E-state index contributed by atoms with van der Waals surface area (Å²) in [6, 6.07) is 11.3. The van der Waals surface area contributed by atoms with Gasteiger partial charge in [-0.3, -0.25) is 10.1 Å². The fourth-order valence-corrected chi connectivity index (χ4v) is 5.39. The molecule has 0 unspecified atom stereocenters. The van der Waals surface area contributed by atoms with E-state index in [1.54, 1.807) is 57.2 Å². The molecule has 3 rings (SSSR count). The minimum atomic E-state index is -3.67. The summed E-state index contributed by atoms with van der Waals surface area (Å²) < 4.78 is 32.4. The molecule has 1 aliphatic heterocycles. The predicted octanol–water partition coefficient (Wildman–Crippen LogP) is 4.14. The van der Waals surface area contributed by atoms with Crippen LogP contribution in [0.15, 0.2) is 47.4 Å². The van der Waals surface area contributed by atoms with Gasteiger partial charge in [-0.2, -0.15) is 4.31 Å². The second-order valence-corrected chi connectivity index (χ2v) is 9.78. The summed E-state index contributed by atoms with van der Waals surface area (Å²) >= 11 is 0. The van der Waals surface area contributed by atoms with Gasteiger partial charge < -0.3 is 15.0 Å². The molecule has 9 nitrogen and oxygen atoms in total. The molecule has 2 N–H and O–H groups in total. The lowest BCUT2D eigenvalue weighted by molar-refractivity contribution is 0.102. The van der Waals surface area contributed by atoms with Crippen molar-refractivity contribution in [3.05, 3.63) is 48.0 Å². The molecule has 10 heteroatoms. The minimum Gasteiger partial charge on any atom is -0.450 e. The maximum atomic E-state index is 13.1. The standard InChI is InChI=1S/C24H32N4O5S/c1-4-28(5-2)34(31,32)20-13-14-22(27-15-7-8-16-27)21(17-20)26-23(29)18-9-11-19(12-10-18)25-24(30)33-6-3/h9-14,17H,4-8,15-16H2,1-3H3,(H,25,30)(H,26,29). The van der Waals surface area contributed by atoms with Gasteiger partial charge in [0.15, 0.2) is 0 Å². The van der Waals surface area contributed by atoms with Crippen molar-refractivity contribution < 1.29 is 22.7 Å². The molecule has 1 fully saturated rings. The van der Waals surface area contributed by atoms with Gasteiger partial charge in [0, 0.05) is 37.4 Å². The number of anilines is 3. The molecule has 1 heterocycles. The van der Waals surface area contributed by atoms with E-state index in [2.05, 4.69) is 15.5 Å². The van der Waals surface area contributed by atoms with Crippen LogP contribution in [0.4, 0.5) is 21.9 Å². The van der Waals surface area contributed by atoms with Crippen molar-refractivity contribution in [2.45, 2.75) is 38.5 Å². The summed E-state index contributed by atoms with van der Waals surface area (Å²) in [5.74, 6) is -0.375. The number of carbonyl (C=O) groups excluding carboxylic acids is 2. The normalized spacial score (nSPS) is 13.7. The molecule has 0 atom stereocenters. The molecule has 0 radical (unpaired) electrons. The molecule has 184 valence electrons. The van der Waals surface area contributed by atoms with Crippen molar-refractivity contribution in [2.75, 3.05) is 48.3 Å². The van der Waals surface area contributed by atoms with E-state index >= 15 is 0 Å². The Kier molecular flexibility index (Phi) is 8.51. The Morgan fingerprint density at radius 3 is 2.21 bits per heavy atom. The van der Waals surface area contributed by atoms with Gasteiger partial charge in [0.2, 0.25) is 10.0 Å². The maximum Gasteiger partial charge on any atom is 0.411 e. The summed E-state index contributed by atoms with van der Waals surface area (Å²) in [4.78, 5) is 26.9. The lowest BCUT2D eigenvalue weighted by Gasteiger charge is -2.24. The number of hydrogen-bond donors (Lipinski definition) is 2. The Balaban J connectivity index is 1.87. The van der Waals surface area contributed by atoms with Crippen LogP contribution in [0.2, 0.25) is 0 Å². The first-order valence-electron chi connectivity index (χ1n) is 11.5. The van der Waals surface area contributed by atoms with Crippen molar-refractivity contribution >= 4 is 39.1 Å². The summed E-state index contributed by atoms with van der Waals surface area (Å²) in [5, 5.41) is 5.48. The largest absolute Gasteiger partial charge is 0.450 e. The topological polar surface area (TPSA) is 108 Å². The fraction of sp³-hybridized carbons (Fsp3) is 0.417. The summed E-state index contributed by atoms with van der Waals surface area (Å²) in [5.41, 5.74) is 2.12. The van der Waals surface area contributed by atoms with Gasteiger partial charge in [0.05, 0.1) is 22.9 Å². The highest BCUT2D eigenvalue weighted by molar-refractivity contribution is 7.89. The van der Waals surface area contributed by atoms with Gasteiger partial charge in [-0.1, -0.05) is 13.8 Å². The van der Waals surface area contributed by atoms with E-state index in [4.69, 9.17) is 4.74 Å². The van der Waals surface area contributed by atoms with Crippen LogP contribution in [0, 0.1) is 0 Å². The Hall–Kier alpha value is -3.11. The van der Waals surface area contributed by atoms with Gasteiger partial charge in [-0.05, 0) is 62.2 Å². The first-order chi connectivity index (χ1) is 16.3. The number of benzene rings is 2. The van der Waals surface area contributed by atoms with Crippen molar-refractivity contribution in [2.24, 2.45) is 0 Å². The van der Waals surface area contributed by atoms with Gasteiger partial charge in [0.1, 0.15) is 0 Å². The number of hydrogen-bond acceptors (Lipinski definition) is 6. The Morgan fingerprint density at radius 2 is 1.62 bits per heavy atom. The first-order valence-corrected chi connectivity index (χ1v) is 13.0. The predicted molar refractivity (Wildman–Crippen MR) is 133 cm³/mol. The highest BCUT2D eigenvalue weighted by atomic mass is 32.2. The lowest BCUT2D eigenvalue weighted by Crippen LogP contribution is -2.31. The van der Waals surface area contributed by atoms with E-state index in [0.29, 0.717) is 30.0 Å². The van der Waals surface area contributed by atoms with Crippen LogP contribution >= 0.6 is 0 Å². The molecule has 34 heavy (non-hydrogen) atoms. The van der Waals surface area contributed by atoms with Crippen molar-refractivity contribution in [1.82, 2.24) is 4.31 Å². The molecule has 0 saturated carbocycles.